The van der Waals surface area contributed by atoms with Crippen molar-refractivity contribution < 1.29 is 28.9 Å². The maximum Gasteiger partial charge on any atom is 0.323 e. The zero-order chi connectivity index (χ0) is 23.4. The minimum absolute atomic E-state index is 0.112. The monoisotopic (exact) mass is 453 g/mol. The first-order valence-corrected chi connectivity index (χ1v) is 10.7. The highest BCUT2D eigenvalue weighted by atomic mass is 16.5. The Bertz CT molecular complexity index is 528. The van der Waals surface area contributed by atoms with Crippen LogP contribution in [0.15, 0.2) is 0 Å². The Labute approximate surface area is 198 Å². The Morgan fingerprint density at radius 3 is 1.39 bits per heavy atom. The lowest BCUT2D eigenvalue weighted by atomic mass is 10.0. The van der Waals surface area contributed by atoms with Crippen molar-refractivity contribution in [3.63, 3.8) is 0 Å². The van der Waals surface area contributed by atoms with Crippen molar-refractivity contribution in [2.24, 2.45) is 0 Å². The van der Waals surface area contributed by atoms with Gasteiger partial charge in [0.25, 0.3) is 0 Å². The molecule has 15 radical (unpaired) electrons. The van der Waals surface area contributed by atoms with Gasteiger partial charge in [-0.1, -0.05) is 0 Å². The third kappa shape index (κ3) is 9.79. The summed E-state index contributed by atoms with van der Waals surface area (Å²) in [6.45, 7) is 0.914. The third-order valence-electron chi connectivity index (χ3n) is 4.92. The van der Waals surface area contributed by atoms with Crippen LogP contribution in [0.1, 0.15) is 0 Å². The molecule has 3 N–H and O–H groups in total. The van der Waals surface area contributed by atoms with Crippen LogP contribution < -0.4 is 10.6 Å². The van der Waals surface area contributed by atoms with Gasteiger partial charge in [0.2, 0.25) is 0 Å². The van der Waals surface area contributed by atoms with E-state index in [1.165, 1.54) is 0 Å². The van der Waals surface area contributed by atoms with Crippen LogP contribution in [0.5, 0.6) is 0 Å². The Morgan fingerprint density at radius 1 is 0.697 bits per heavy atom. The van der Waals surface area contributed by atoms with Gasteiger partial charge in [-0.05, 0) is 77.0 Å². The molecule has 3 fully saturated rings. The molecule has 2 amide bonds. The molecule has 8 heteroatoms. The van der Waals surface area contributed by atoms with Gasteiger partial charge in [0.05, 0.1) is 39.6 Å². The van der Waals surface area contributed by atoms with Crippen LogP contribution in [0, 0.1) is 94.8 Å². The molecule has 0 saturated heterocycles. The molecule has 0 aromatic rings. The van der Waals surface area contributed by atoms with E-state index >= 15 is 0 Å². The van der Waals surface area contributed by atoms with E-state index in [4.69, 9.17) is 19.3 Å². The molecule has 0 aliphatic heterocycles. The first kappa shape index (κ1) is 26.2. The van der Waals surface area contributed by atoms with Crippen molar-refractivity contribution in [1.82, 2.24) is 10.6 Å². The normalized spacial score (nSPS) is 20.5. The van der Waals surface area contributed by atoms with E-state index in [0.29, 0.717) is 19.8 Å². The molecular formula is C25H29N2O6. The third-order valence-corrected chi connectivity index (χ3v) is 4.92. The highest BCUT2D eigenvalue weighted by Crippen LogP contribution is 2.26. The Hall–Kier alpha value is -1.38. The van der Waals surface area contributed by atoms with Gasteiger partial charge in [0, 0.05) is 17.8 Å². The number of hydrogen-bond donors (Lipinski definition) is 3. The van der Waals surface area contributed by atoms with E-state index in [9.17, 15) is 9.59 Å². The van der Waals surface area contributed by atoms with Crippen molar-refractivity contribution >= 4 is 12.0 Å². The summed E-state index contributed by atoms with van der Waals surface area (Å²) in [7, 11) is 0. The molecule has 3 aliphatic rings. The molecule has 0 bridgehead atoms. The van der Waals surface area contributed by atoms with Crippen molar-refractivity contribution in [2.45, 2.75) is 5.54 Å². The number of carboxylic acid groups (broad SMARTS) is 1. The molecule has 0 spiro atoms. The molecule has 0 aromatic heterocycles. The summed E-state index contributed by atoms with van der Waals surface area (Å²) in [4.78, 5) is 23.3. The smallest absolute Gasteiger partial charge is 0.323 e. The number of carboxylic acids is 1. The lowest BCUT2D eigenvalue weighted by molar-refractivity contribution is -0.135. The summed E-state index contributed by atoms with van der Waals surface area (Å²) in [6.07, 6.45) is 23.3. The fraction of sp³-hybridized carbons (Fsp3) is 0.320. The van der Waals surface area contributed by atoms with E-state index in [1.807, 2.05) is 77.0 Å². The number of rotatable bonds is 15. The highest BCUT2D eigenvalue weighted by molar-refractivity contribution is 5.80. The van der Waals surface area contributed by atoms with E-state index < -0.39 is 24.1 Å². The number of carbonyl (C=O) groups excluding carboxylic acids is 1. The van der Waals surface area contributed by atoms with Gasteiger partial charge < -0.3 is 30.0 Å². The zero-order valence-electron chi connectivity index (χ0n) is 18.4. The van der Waals surface area contributed by atoms with Gasteiger partial charge in [-0.25, -0.2) is 4.79 Å². The van der Waals surface area contributed by atoms with Gasteiger partial charge in [0.1, 0.15) is 12.1 Å². The van der Waals surface area contributed by atoms with Crippen LogP contribution in [0.2, 0.25) is 0 Å². The quantitative estimate of drug-likeness (QED) is 0.346. The number of ether oxygens (including phenoxy) is 3. The maximum absolute atomic E-state index is 12.5. The number of urea groups is 1. The number of amides is 2. The lowest BCUT2D eigenvalue weighted by Gasteiger charge is -2.35. The molecule has 3 rings (SSSR count). The van der Waals surface area contributed by atoms with Gasteiger partial charge >= 0.3 is 12.0 Å². The SMILES string of the molecule is O=C(O)CNC(=O)NC(COC[C]1[CH][CH][CH][CH]1)(COC[C]1[CH][CH][CH][CH]1)COC[C]1[CH][CH][CH][CH]1. The fourth-order valence-corrected chi connectivity index (χ4v) is 3.30. The number of nitrogens with one attached hydrogen (secondary N) is 2. The van der Waals surface area contributed by atoms with Crippen molar-refractivity contribution in [2.75, 3.05) is 46.2 Å². The van der Waals surface area contributed by atoms with E-state index in [-0.39, 0.29) is 19.8 Å². The molecule has 3 aliphatic carbocycles. The minimum atomic E-state index is -1.14. The molecule has 33 heavy (non-hydrogen) atoms. The summed E-state index contributed by atoms with van der Waals surface area (Å²) in [5.74, 6) is 1.89. The van der Waals surface area contributed by atoms with Crippen LogP contribution in [0.4, 0.5) is 4.79 Å². The predicted octanol–water partition coefficient (Wildman–Crippen LogP) is 1.37. The van der Waals surface area contributed by atoms with Crippen LogP contribution in [0.25, 0.3) is 0 Å². The summed E-state index contributed by atoms with van der Waals surface area (Å²) in [5.41, 5.74) is -1.03. The van der Waals surface area contributed by atoms with Crippen LogP contribution >= 0.6 is 0 Å². The highest BCUT2D eigenvalue weighted by Gasteiger charge is 2.35. The van der Waals surface area contributed by atoms with Crippen LogP contribution in [0.3, 0.4) is 0 Å². The largest absolute Gasteiger partial charge is 0.480 e. The van der Waals surface area contributed by atoms with Crippen molar-refractivity contribution in [1.29, 1.82) is 0 Å². The van der Waals surface area contributed by atoms with Crippen molar-refractivity contribution in [3.8, 4) is 0 Å². The molecular weight excluding hydrogens is 424 g/mol. The Balaban J connectivity index is 1.59. The van der Waals surface area contributed by atoms with Crippen LogP contribution in [-0.2, 0) is 19.0 Å². The first-order valence-electron chi connectivity index (χ1n) is 10.7. The maximum atomic E-state index is 12.5. The second-order valence-electron chi connectivity index (χ2n) is 7.84. The molecule has 0 unspecified atom stereocenters. The summed E-state index contributed by atoms with van der Waals surface area (Å²) >= 11 is 0. The summed E-state index contributed by atoms with van der Waals surface area (Å²) in [5, 5.41) is 14.1. The van der Waals surface area contributed by atoms with Crippen molar-refractivity contribution in [3.05, 3.63) is 94.8 Å². The van der Waals surface area contributed by atoms with Crippen LogP contribution in [-0.4, -0.2) is 68.8 Å². The Morgan fingerprint density at radius 2 is 1.06 bits per heavy atom. The van der Waals surface area contributed by atoms with Gasteiger partial charge in [0.15, 0.2) is 0 Å². The van der Waals surface area contributed by atoms with Gasteiger partial charge in [-0.15, -0.1) is 0 Å². The second kappa shape index (κ2) is 14.1. The molecule has 8 nitrogen and oxygen atoms in total. The van der Waals surface area contributed by atoms with E-state index in [0.717, 1.165) is 17.8 Å². The first-order chi connectivity index (χ1) is 16.0. The zero-order valence-corrected chi connectivity index (χ0v) is 18.4. The number of hydrogen-bond acceptors (Lipinski definition) is 5. The molecule has 0 heterocycles. The fourth-order valence-electron chi connectivity index (χ4n) is 3.30. The minimum Gasteiger partial charge on any atom is -0.480 e. The topological polar surface area (TPSA) is 106 Å². The standard InChI is InChI=1S/C25H29N2O6/c28-23(29)13-26-24(30)27-25(17-31-14-20-7-1-2-8-20,18-32-15-21-9-3-4-10-21)19-33-16-22-11-5-6-12-22/h1-12H,13-19H2,(H,28,29)(H2,26,27,30). The van der Waals surface area contributed by atoms with Gasteiger partial charge in [-0.2, -0.15) is 0 Å². The molecule has 175 valence electrons. The average Bonchev–Trinajstić information content (AvgIpc) is 3.56. The molecule has 0 atom stereocenters. The predicted molar refractivity (Wildman–Crippen MR) is 121 cm³/mol. The van der Waals surface area contributed by atoms with Gasteiger partial charge in [-0.3, -0.25) is 4.79 Å². The second-order valence-corrected chi connectivity index (χ2v) is 7.84. The average molecular weight is 454 g/mol. The lowest BCUT2D eigenvalue weighted by Crippen LogP contribution is -2.61. The number of carbonyl (C=O) groups is 2. The molecule has 3 saturated carbocycles. The number of aliphatic carboxylic acids is 1. The summed E-state index contributed by atoms with van der Waals surface area (Å²) < 4.78 is 17.8. The molecule has 0 aromatic carbocycles. The summed E-state index contributed by atoms with van der Waals surface area (Å²) in [6, 6.07) is -0.636. The van der Waals surface area contributed by atoms with E-state index in [2.05, 4.69) is 10.6 Å². The van der Waals surface area contributed by atoms with E-state index in [1.54, 1.807) is 0 Å². The Kier molecular flexibility index (Phi) is 11.2.